The molecule has 1 aromatic heterocycles. The van der Waals surface area contributed by atoms with Crippen molar-refractivity contribution < 1.29 is 9.59 Å². The summed E-state index contributed by atoms with van der Waals surface area (Å²) in [5, 5.41) is 13.6. The number of hydrogen-bond acceptors (Lipinski definition) is 4. The van der Waals surface area contributed by atoms with Gasteiger partial charge in [0.2, 0.25) is 0 Å². The molecule has 3 N–H and O–H groups in total. The van der Waals surface area contributed by atoms with Gasteiger partial charge >= 0.3 is 0 Å². The molecule has 1 saturated carbocycles. The van der Waals surface area contributed by atoms with E-state index >= 15 is 0 Å². The first-order valence-corrected chi connectivity index (χ1v) is 9.18. The summed E-state index contributed by atoms with van der Waals surface area (Å²) in [5.41, 5.74) is 1.33. The Balaban J connectivity index is 0.00000210. The summed E-state index contributed by atoms with van der Waals surface area (Å²) in [6.07, 6.45) is 6.05. The molecule has 2 fully saturated rings. The predicted molar refractivity (Wildman–Crippen MR) is 105 cm³/mol. The predicted octanol–water partition coefficient (Wildman–Crippen LogP) is 2.37. The van der Waals surface area contributed by atoms with Crippen molar-refractivity contribution in [2.24, 2.45) is 0 Å². The molecule has 1 aliphatic heterocycles. The number of piperidine rings is 1. The Morgan fingerprint density at radius 1 is 1.11 bits per heavy atom. The lowest BCUT2D eigenvalue weighted by Gasteiger charge is -2.22. The molecule has 2 aromatic rings. The third-order valence-corrected chi connectivity index (χ3v) is 4.82. The zero-order valence-electron chi connectivity index (χ0n) is 15.0. The molecule has 2 heterocycles. The SMILES string of the molecule is Cl.O=C(Nc1ccccc1C(=O)NC1CC1)c1ccn(C2CCCNC2)n1. The van der Waals surface area contributed by atoms with Crippen LogP contribution in [0.15, 0.2) is 36.5 Å². The largest absolute Gasteiger partial charge is 0.349 e. The lowest BCUT2D eigenvalue weighted by atomic mass is 10.1. The van der Waals surface area contributed by atoms with E-state index in [1.165, 1.54) is 0 Å². The third kappa shape index (κ3) is 4.67. The van der Waals surface area contributed by atoms with Gasteiger partial charge in [0, 0.05) is 18.8 Å². The molecular formula is C19H24ClN5O2. The van der Waals surface area contributed by atoms with E-state index in [-0.39, 0.29) is 36.3 Å². The molecular weight excluding hydrogens is 366 g/mol. The Bertz CT molecular complexity index is 812. The highest BCUT2D eigenvalue weighted by Gasteiger charge is 2.25. The average molecular weight is 390 g/mol. The van der Waals surface area contributed by atoms with Gasteiger partial charge in [0.25, 0.3) is 11.8 Å². The lowest BCUT2D eigenvalue weighted by molar-refractivity contribution is 0.0952. The minimum absolute atomic E-state index is 0. The third-order valence-electron chi connectivity index (χ3n) is 4.82. The van der Waals surface area contributed by atoms with Crippen LogP contribution in [0.4, 0.5) is 5.69 Å². The lowest BCUT2D eigenvalue weighted by Crippen LogP contribution is -2.32. The monoisotopic (exact) mass is 389 g/mol. The van der Waals surface area contributed by atoms with Crippen molar-refractivity contribution >= 4 is 29.9 Å². The van der Waals surface area contributed by atoms with E-state index in [4.69, 9.17) is 0 Å². The maximum atomic E-state index is 12.6. The zero-order chi connectivity index (χ0) is 17.9. The van der Waals surface area contributed by atoms with E-state index in [1.807, 2.05) is 10.9 Å². The highest BCUT2D eigenvalue weighted by atomic mass is 35.5. The van der Waals surface area contributed by atoms with Crippen molar-refractivity contribution in [1.29, 1.82) is 0 Å². The number of nitrogens with one attached hydrogen (secondary N) is 3. The number of carbonyl (C=O) groups excluding carboxylic acids is 2. The van der Waals surface area contributed by atoms with E-state index in [0.717, 1.165) is 38.8 Å². The maximum absolute atomic E-state index is 12.6. The molecule has 0 bridgehead atoms. The Hall–Kier alpha value is -2.38. The number of halogens is 1. The van der Waals surface area contributed by atoms with Gasteiger partial charge in [-0.25, -0.2) is 0 Å². The molecule has 27 heavy (non-hydrogen) atoms. The fourth-order valence-corrected chi connectivity index (χ4v) is 3.19. The molecule has 1 aliphatic carbocycles. The highest BCUT2D eigenvalue weighted by Crippen LogP contribution is 2.22. The van der Waals surface area contributed by atoms with Gasteiger partial charge in [-0.15, -0.1) is 12.4 Å². The summed E-state index contributed by atoms with van der Waals surface area (Å²) in [7, 11) is 0. The van der Waals surface area contributed by atoms with Crippen LogP contribution in [-0.2, 0) is 0 Å². The molecule has 4 rings (SSSR count). The fourth-order valence-electron chi connectivity index (χ4n) is 3.19. The number of para-hydroxylation sites is 1. The summed E-state index contributed by atoms with van der Waals surface area (Å²) >= 11 is 0. The van der Waals surface area contributed by atoms with Crippen LogP contribution >= 0.6 is 12.4 Å². The van der Waals surface area contributed by atoms with Crippen molar-refractivity contribution in [3.63, 3.8) is 0 Å². The van der Waals surface area contributed by atoms with Gasteiger partial charge < -0.3 is 16.0 Å². The molecule has 0 radical (unpaired) electrons. The van der Waals surface area contributed by atoms with Crippen LogP contribution in [0.5, 0.6) is 0 Å². The molecule has 8 heteroatoms. The van der Waals surface area contributed by atoms with E-state index in [9.17, 15) is 9.59 Å². The van der Waals surface area contributed by atoms with Gasteiger partial charge in [0.15, 0.2) is 5.69 Å². The normalized spacial score (nSPS) is 19.0. The maximum Gasteiger partial charge on any atom is 0.276 e. The van der Waals surface area contributed by atoms with Crippen molar-refractivity contribution in [3.8, 4) is 0 Å². The van der Waals surface area contributed by atoms with Gasteiger partial charge in [0.05, 0.1) is 17.3 Å². The Kier molecular flexibility index (Phi) is 6.13. The van der Waals surface area contributed by atoms with Crippen molar-refractivity contribution in [3.05, 3.63) is 47.8 Å². The quantitative estimate of drug-likeness (QED) is 0.732. The highest BCUT2D eigenvalue weighted by molar-refractivity contribution is 6.08. The number of aromatic nitrogens is 2. The fraction of sp³-hybridized carbons (Fsp3) is 0.421. The van der Waals surface area contributed by atoms with Crippen LogP contribution in [0, 0.1) is 0 Å². The van der Waals surface area contributed by atoms with Crippen LogP contribution in [0.25, 0.3) is 0 Å². The van der Waals surface area contributed by atoms with Gasteiger partial charge in [-0.3, -0.25) is 14.3 Å². The van der Waals surface area contributed by atoms with Crippen molar-refractivity contribution in [1.82, 2.24) is 20.4 Å². The smallest absolute Gasteiger partial charge is 0.276 e. The van der Waals surface area contributed by atoms with Gasteiger partial charge in [0.1, 0.15) is 0 Å². The first kappa shape index (κ1) is 19.4. The molecule has 1 aromatic carbocycles. The molecule has 2 amide bonds. The van der Waals surface area contributed by atoms with Gasteiger partial charge in [-0.1, -0.05) is 12.1 Å². The summed E-state index contributed by atoms with van der Waals surface area (Å²) in [6, 6.07) is 9.32. The molecule has 7 nitrogen and oxygen atoms in total. The summed E-state index contributed by atoms with van der Waals surface area (Å²) in [4.78, 5) is 24.9. The van der Waals surface area contributed by atoms with Crippen molar-refractivity contribution in [2.45, 2.75) is 37.8 Å². The van der Waals surface area contributed by atoms with E-state index in [1.54, 1.807) is 30.3 Å². The number of benzene rings is 1. The number of amides is 2. The topological polar surface area (TPSA) is 88.0 Å². The van der Waals surface area contributed by atoms with E-state index in [2.05, 4.69) is 21.0 Å². The van der Waals surface area contributed by atoms with Gasteiger partial charge in [-0.05, 0) is 50.4 Å². The first-order valence-electron chi connectivity index (χ1n) is 9.18. The van der Waals surface area contributed by atoms with Crippen LogP contribution < -0.4 is 16.0 Å². The second-order valence-electron chi connectivity index (χ2n) is 6.93. The Morgan fingerprint density at radius 2 is 1.93 bits per heavy atom. The summed E-state index contributed by atoms with van der Waals surface area (Å²) < 4.78 is 1.85. The van der Waals surface area contributed by atoms with Crippen LogP contribution in [0.3, 0.4) is 0 Å². The average Bonchev–Trinajstić information content (AvgIpc) is 3.34. The standard InChI is InChI=1S/C19H23N5O2.ClH/c25-18(21-13-7-8-13)15-5-1-2-6-16(15)22-19(26)17-9-11-24(23-17)14-4-3-10-20-12-14;/h1-2,5-6,9,11,13-14,20H,3-4,7-8,10,12H2,(H,21,25)(H,22,26);1H. The van der Waals surface area contributed by atoms with Crippen LogP contribution in [-0.4, -0.2) is 40.7 Å². The number of hydrogen-bond donors (Lipinski definition) is 3. The summed E-state index contributed by atoms with van der Waals surface area (Å²) in [6.45, 7) is 1.90. The molecule has 1 atom stereocenters. The Labute approximate surface area is 164 Å². The molecule has 1 saturated heterocycles. The molecule has 144 valence electrons. The van der Waals surface area contributed by atoms with E-state index in [0.29, 0.717) is 16.9 Å². The second kappa shape index (κ2) is 8.54. The number of carbonyl (C=O) groups is 2. The second-order valence-corrected chi connectivity index (χ2v) is 6.93. The minimum atomic E-state index is -0.306. The Morgan fingerprint density at radius 3 is 2.67 bits per heavy atom. The van der Waals surface area contributed by atoms with E-state index < -0.39 is 0 Å². The molecule has 0 spiro atoms. The first-order chi connectivity index (χ1) is 12.7. The summed E-state index contributed by atoms with van der Waals surface area (Å²) in [5.74, 6) is -0.457. The number of rotatable bonds is 5. The molecule has 2 aliphatic rings. The molecule has 1 unspecified atom stereocenters. The van der Waals surface area contributed by atoms with Gasteiger partial charge in [-0.2, -0.15) is 5.10 Å². The van der Waals surface area contributed by atoms with Crippen LogP contribution in [0.2, 0.25) is 0 Å². The number of nitrogens with zero attached hydrogens (tertiary/aromatic N) is 2. The van der Waals surface area contributed by atoms with Crippen molar-refractivity contribution in [2.75, 3.05) is 18.4 Å². The number of anilines is 1. The minimum Gasteiger partial charge on any atom is -0.349 e. The van der Waals surface area contributed by atoms with Crippen LogP contribution in [0.1, 0.15) is 52.6 Å². The zero-order valence-corrected chi connectivity index (χ0v) is 15.8.